The van der Waals surface area contributed by atoms with Crippen LogP contribution in [0.5, 0.6) is 17.2 Å². The lowest BCUT2D eigenvalue weighted by atomic mass is 9.68. The van der Waals surface area contributed by atoms with Gasteiger partial charge in [0, 0.05) is 68.4 Å². The molecule has 2 aliphatic carbocycles. The van der Waals surface area contributed by atoms with Crippen LogP contribution in [0, 0.1) is 10.1 Å². The molecule has 0 spiro atoms. The maximum Gasteiger partial charge on any atom is 0.316 e. The zero-order valence-corrected chi connectivity index (χ0v) is 48.2. The average molecular weight is 1180 g/mol. The lowest BCUT2D eigenvalue weighted by Crippen LogP contribution is -2.70. The molecule has 6 heterocycles. The summed E-state index contributed by atoms with van der Waals surface area (Å²) in [7, 11) is 7.27. The van der Waals surface area contributed by atoms with Gasteiger partial charge in [0.25, 0.3) is 5.54 Å². The monoisotopic (exact) mass is 1180 g/mol. The molecule has 0 radical (unpaired) electrons. The number of nitrogens with zero attached hydrogens (tertiary/aromatic N) is 2. The molecule has 5 fully saturated rings. The van der Waals surface area contributed by atoms with E-state index in [4.69, 9.17) is 61.6 Å². The number of ether oxygens (including phenoxy) is 13. The van der Waals surface area contributed by atoms with Crippen LogP contribution in [0.1, 0.15) is 141 Å². The molecule has 27 nitrogen and oxygen atoms in total. The van der Waals surface area contributed by atoms with E-state index in [0.29, 0.717) is 0 Å². The first-order chi connectivity index (χ1) is 39.0. The van der Waals surface area contributed by atoms with Crippen molar-refractivity contribution in [1.82, 2.24) is 4.90 Å². The van der Waals surface area contributed by atoms with E-state index >= 15 is 9.59 Å². The van der Waals surface area contributed by atoms with Crippen molar-refractivity contribution in [3.8, 4) is 17.2 Å². The fourth-order valence-corrected chi connectivity index (χ4v) is 13.8. The number of aliphatic hydroxyl groups is 5. The molecule has 7 N–H and O–H groups in total. The van der Waals surface area contributed by atoms with Crippen molar-refractivity contribution in [3.05, 3.63) is 61.2 Å². The predicted molar refractivity (Wildman–Crippen MR) is 279 cm³/mol. The van der Waals surface area contributed by atoms with Gasteiger partial charge in [0.2, 0.25) is 12.1 Å². The number of methoxy groups -OCH3 is 3. The Hall–Kier alpha value is -4.63. The van der Waals surface area contributed by atoms with Crippen LogP contribution in [0.15, 0.2) is 12.1 Å². The number of aliphatic hydroxyl groups excluding tert-OH is 4. The van der Waals surface area contributed by atoms with Crippen molar-refractivity contribution in [2.75, 3.05) is 35.4 Å². The zero-order valence-electron chi connectivity index (χ0n) is 48.2. The Kier molecular flexibility index (Phi) is 16.7. The van der Waals surface area contributed by atoms with Gasteiger partial charge in [-0.3, -0.25) is 24.5 Å². The highest BCUT2D eigenvalue weighted by Crippen LogP contribution is 2.57. The predicted octanol–water partition coefficient (Wildman–Crippen LogP) is 1.44. The number of phenolic OH excluding ortho intramolecular Hbond substituents is 2. The van der Waals surface area contributed by atoms with Crippen LogP contribution in [0.2, 0.25) is 0 Å². The number of aromatic hydroxyl groups is 2. The van der Waals surface area contributed by atoms with E-state index in [1.807, 2.05) is 0 Å². The van der Waals surface area contributed by atoms with Gasteiger partial charge in [0.1, 0.15) is 59.3 Å². The summed E-state index contributed by atoms with van der Waals surface area (Å²) in [5.41, 5.74) is -7.75. The number of ketones is 2. The van der Waals surface area contributed by atoms with Crippen LogP contribution in [-0.4, -0.2) is 227 Å². The van der Waals surface area contributed by atoms with Gasteiger partial charge in [-0.15, -0.1) is 0 Å². The molecule has 0 saturated carbocycles. The molecule has 2 aromatic carbocycles. The van der Waals surface area contributed by atoms with E-state index in [-0.39, 0.29) is 54.5 Å². The quantitative estimate of drug-likeness (QED) is 0.0723. The number of fused-ring (bicyclic) bond motifs is 8. The van der Waals surface area contributed by atoms with Crippen molar-refractivity contribution in [3.63, 3.8) is 0 Å². The molecule has 8 aliphatic rings. The SMILES string of the molecule is COC(=O)C1c2cc3c(c(O)c2C(OC2CC(OC)C(O)C(C)O2)CC1(C)O)C(=O)c1c(O)cc2c(c1C3=O)OC1OC2(C)C(OC2CC(O)C(OC3CC(C)([N+](=O)[O-])C(OC4CC(OC)C(O)C(C)O4)C(C)O3)C(C)O2)C(N(C)C)C1O. The van der Waals surface area contributed by atoms with Gasteiger partial charge < -0.3 is 102 Å². The number of carbonyl (C=O) groups is 3. The Balaban J connectivity index is 0.931. The van der Waals surface area contributed by atoms with Gasteiger partial charge in [0.05, 0.1) is 90.7 Å². The standard InChI is InChI=1S/C56H76N2O25/c1-20-42(61)29(71-10)16-33(74-20)78-31-18-55(6,68)40(52(67)73-12)24-13-25-37(45(64)36(24)31)46(65)38-27(59)14-26-49(39(38)44(25)63)82-53-47(66)41(57(8)9)51(56(26,7)83-53)81-32-15-28(60)48(22(3)76-32)79-35-19-54(5,58(69)70)50(23(4)77-35)80-34-17-30(72-11)43(62)21(2)75-34/h13-14,20-23,28-35,40-43,47-48,50-51,53,59-62,64,66,68H,15-19H2,1-12H3. The Labute approximate surface area is 477 Å². The second-order valence-electron chi connectivity index (χ2n) is 24.0. The smallest absolute Gasteiger partial charge is 0.316 e. The number of hydrogen-bond donors (Lipinski definition) is 7. The van der Waals surface area contributed by atoms with E-state index in [1.54, 1.807) is 53.6 Å². The summed E-state index contributed by atoms with van der Waals surface area (Å²) in [6.45, 7) is 10.8. The molecule has 10 rings (SSSR count). The number of nitro groups is 1. The number of likely N-dealkylation sites (N-methyl/N-ethyl adjacent to an activating group) is 1. The summed E-state index contributed by atoms with van der Waals surface area (Å²) in [5, 5.41) is 94.3. The van der Waals surface area contributed by atoms with Crippen molar-refractivity contribution in [2.24, 2.45) is 0 Å². The molecule has 0 aromatic heterocycles. The van der Waals surface area contributed by atoms with Crippen LogP contribution < -0.4 is 4.74 Å². The molecular weight excluding hydrogens is 1100 g/mol. The fourth-order valence-electron chi connectivity index (χ4n) is 13.8. The Bertz CT molecular complexity index is 2840. The second kappa shape index (κ2) is 22.6. The lowest BCUT2D eigenvalue weighted by molar-refractivity contribution is -0.599. The summed E-state index contributed by atoms with van der Waals surface area (Å²) in [4.78, 5) is 58.0. The van der Waals surface area contributed by atoms with Gasteiger partial charge in [-0.1, -0.05) is 0 Å². The average Bonchev–Trinajstić information content (AvgIpc) is 1.98. The summed E-state index contributed by atoms with van der Waals surface area (Å²) in [6, 6.07) is 1.38. The molecule has 24 unspecified atom stereocenters. The van der Waals surface area contributed by atoms with Crippen molar-refractivity contribution >= 4 is 17.5 Å². The lowest BCUT2D eigenvalue weighted by Gasteiger charge is -2.56. The number of phenols is 2. The molecule has 5 saturated heterocycles. The third kappa shape index (κ3) is 10.3. The first kappa shape index (κ1) is 61.5. The normalized spacial score (nSPS) is 43.1. The van der Waals surface area contributed by atoms with Crippen molar-refractivity contribution in [1.29, 1.82) is 0 Å². The van der Waals surface area contributed by atoms with Crippen LogP contribution >= 0.6 is 0 Å². The van der Waals surface area contributed by atoms with Gasteiger partial charge >= 0.3 is 5.97 Å². The molecule has 460 valence electrons. The number of rotatable bonds is 13. The third-order valence-electron chi connectivity index (χ3n) is 18.2. The van der Waals surface area contributed by atoms with Crippen LogP contribution in [0.25, 0.3) is 0 Å². The number of benzene rings is 2. The Morgan fingerprint density at radius 3 is 1.88 bits per heavy atom. The summed E-state index contributed by atoms with van der Waals surface area (Å²) >= 11 is 0. The topological polar surface area (TPSA) is 359 Å². The van der Waals surface area contributed by atoms with Gasteiger partial charge in [0.15, 0.2) is 37.0 Å². The largest absolute Gasteiger partial charge is 0.507 e. The summed E-state index contributed by atoms with van der Waals surface area (Å²) in [6.07, 6.45) is -21.2. The molecular formula is C56H76N2O25. The minimum Gasteiger partial charge on any atom is -0.507 e. The molecule has 83 heavy (non-hydrogen) atoms. The maximum atomic E-state index is 15.3. The summed E-state index contributed by atoms with van der Waals surface area (Å²) < 4.78 is 78.9. The second-order valence-corrected chi connectivity index (χ2v) is 24.0. The minimum atomic E-state index is -1.95. The zero-order chi connectivity index (χ0) is 60.4. The first-order valence-corrected chi connectivity index (χ1v) is 27.9. The molecule has 27 heteroatoms. The summed E-state index contributed by atoms with van der Waals surface area (Å²) in [5.74, 6) is -6.25. The fraction of sp³-hybridized carbons (Fsp3) is 0.732. The third-order valence-corrected chi connectivity index (χ3v) is 18.2. The molecule has 24 atom stereocenters. The van der Waals surface area contributed by atoms with E-state index in [2.05, 4.69) is 0 Å². The van der Waals surface area contributed by atoms with E-state index in [1.165, 1.54) is 40.2 Å². The van der Waals surface area contributed by atoms with Crippen LogP contribution in [-0.2, 0) is 67.2 Å². The van der Waals surface area contributed by atoms with Crippen molar-refractivity contribution in [2.45, 2.75) is 226 Å². The Morgan fingerprint density at radius 2 is 1.30 bits per heavy atom. The molecule has 2 bridgehead atoms. The molecule has 6 aliphatic heterocycles. The van der Waals surface area contributed by atoms with Crippen molar-refractivity contribution < 1.29 is 117 Å². The first-order valence-electron chi connectivity index (χ1n) is 27.9. The minimum absolute atomic E-state index is 0.00321. The highest BCUT2D eigenvalue weighted by Gasteiger charge is 2.63. The number of carbonyl (C=O) groups excluding carboxylic acids is 3. The highest BCUT2D eigenvalue weighted by atomic mass is 16.8. The van der Waals surface area contributed by atoms with Gasteiger partial charge in [-0.25, -0.2) is 0 Å². The van der Waals surface area contributed by atoms with Crippen LogP contribution in [0.4, 0.5) is 0 Å². The highest BCUT2D eigenvalue weighted by molar-refractivity contribution is 6.31. The van der Waals surface area contributed by atoms with E-state index < -0.39 is 202 Å². The number of hydrogen-bond acceptors (Lipinski definition) is 26. The maximum absolute atomic E-state index is 15.3. The number of esters is 1. The van der Waals surface area contributed by atoms with Gasteiger partial charge in [-0.2, -0.15) is 0 Å². The van der Waals surface area contributed by atoms with Crippen LogP contribution in [0.3, 0.4) is 0 Å². The van der Waals surface area contributed by atoms with E-state index in [0.717, 1.165) is 7.11 Å². The molecule has 2 aromatic rings. The Morgan fingerprint density at radius 1 is 0.723 bits per heavy atom. The van der Waals surface area contributed by atoms with Gasteiger partial charge in [-0.05, 0) is 73.3 Å². The van der Waals surface area contributed by atoms with E-state index in [9.17, 15) is 50.7 Å². The molecule has 0 amide bonds.